The monoisotopic (exact) mass is 256 g/mol. The molecule has 6 nitrogen and oxygen atoms in total. The van der Waals surface area contributed by atoms with Gasteiger partial charge in [-0.1, -0.05) is 6.92 Å². The van der Waals surface area contributed by atoms with E-state index in [2.05, 4.69) is 5.32 Å². The number of carbonyl (C=O) groups is 3. The first-order chi connectivity index (χ1) is 8.43. The molecule has 1 aliphatic rings. The highest BCUT2D eigenvalue weighted by atomic mass is 16.4. The van der Waals surface area contributed by atoms with Crippen LogP contribution >= 0.6 is 0 Å². The number of nitrogens with zero attached hydrogens (tertiary/aromatic N) is 1. The second kappa shape index (κ2) is 6.37. The highest BCUT2D eigenvalue weighted by Crippen LogP contribution is 2.17. The van der Waals surface area contributed by atoms with Crippen molar-refractivity contribution >= 4 is 17.8 Å². The highest BCUT2D eigenvalue weighted by molar-refractivity contribution is 5.86. The van der Waals surface area contributed by atoms with E-state index in [0.717, 1.165) is 6.42 Å². The van der Waals surface area contributed by atoms with Crippen LogP contribution in [0.15, 0.2) is 0 Å². The van der Waals surface area contributed by atoms with Crippen LogP contribution < -0.4 is 5.32 Å². The predicted octanol–water partition coefficient (Wildman–Crippen LogP) is 0.224. The number of hydrogen-bond donors (Lipinski definition) is 2. The van der Waals surface area contributed by atoms with Gasteiger partial charge in [-0.05, 0) is 19.8 Å². The second-order valence-electron chi connectivity index (χ2n) is 4.72. The number of hydrogen-bond acceptors (Lipinski definition) is 3. The third kappa shape index (κ3) is 4.01. The average molecular weight is 256 g/mol. The van der Waals surface area contributed by atoms with Crippen LogP contribution in [-0.4, -0.2) is 46.9 Å². The van der Waals surface area contributed by atoms with E-state index in [0.29, 0.717) is 6.42 Å². The summed E-state index contributed by atoms with van der Waals surface area (Å²) in [5.41, 5.74) is 0. The summed E-state index contributed by atoms with van der Waals surface area (Å²) in [6, 6.07) is 0.0627. The summed E-state index contributed by atoms with van der Waals surface area (Å²) >= 11 is 0. The molecule has 0 aromatic carbocycles. The van der Waals surface area contributed by atoms with E-state index in [9.17, 15) is 14.4 Å². The van der Waals surface area contributed by atoms with Crippen LogP contribution in [0.25, 0.3) is 0 Å². The molecular weight excluding hydrogens is 236 g/mol. The van der Waals surface area contributed by atoms with E-state index in [1.807, 2.05) is 13.8 Å². The lowest BCUT2D eigenvalue weighted by atomic mass is 9.98. The van der Waals surface area contributed by atoms with Crippen molar-refractivity contribution in [3.8, 4) is 0 Å². The molecule has 0 saturated carbocycles. The van der Waals surface area contributed by atoms with Gasteiger partial charge in [0.15, 0.2) is 0 Å². The number of carboxylic acid groups (broad SMARTS) is 1. The van der Waals surface area contributed by atoms with Crippen LogP contribution in [0.4, 0.5) is 0 Å². The second-order valence-corrected chi connectivity index (χ2v) is 4.72. The number of carbonyl (C=O) groups excluding carboxylic acids is 2. The molecule has 2 N–H and O–H groups in total. The molecule has 0 bridgehead atoms. The van der Waals surface area contributed by atoms with Gasteiger partial charge in [0.25, 0.3) is 0 Å². The zero-order valence-electron chi connectivity index (χ0n) is 10.8. The Morgan fingerprint density at radius 2 is 2.22 bits per heavy atom. The van der Waals surface area contributed by atoms with Gasteiger partial charge in [-0.2, -0.15) is 0 Å². The van der Waals surface area contributed by atoms with E-state index in [1.165, 1.54) is 4.90 Å². The first kappa shape index (κ1) is 14.5. The fourth-order valence-electron chi connectivity index (χ4n) is 1.87. The molecule has 1 aliphatic heterocycles. The quantitative estimate of drug-likeness (QED) is 0.737. The molecule has 18 heavy (non-hydrogen) atoms. The van der Waals surface area contributed by atoms with Crippen LogP contribution in [-0.2, 0) is 14.4 Å². The molecule has 0 radical (unpaired) electrons. The molecule has 0 aromatic rings. The van der Waals surface area contributed by atoms with Crippen LogP contribution in [0.2, 0.25) is 0 Å². The number of piperidine rings is 1. The van der Waals surface area contributed by atoms with Crippen molar-refractivity contribution in [3.05, 3.63) is 0 Å². The Hall–Kier alpha value is -1.59. The van der Waals surface area contributed by atoms with Crippen LogP contribution in [0.5, 0.6) is 0 Å². The maximum Gasteiger partial charge on any atom is 0.308 e. The molecule has 1 rings (SSSR count). The van der Waals surface area contributed by atoms with Crippen molar-refractivity contribution in [2.45, 2.75) is 39.2 Å². The van der Waals surface area contributed by atoms with Crippen molar-refractivity contribution in [1.82, 2.24) is 10.2 Å². The van der Waals surface area contributed by atoms with Crippen LogP contribution in [0.1, 0.15) is 33.1 Å². The van der Waals surface area contributed by atoms with Gasteiger partial charge in [-0.3, -0.25) is 14.4 Å². The van der Waals surface area contributed by atoms with Crippen molar-refractivity contribution < 1.29 is 19.5 Å². The molecule has 0 aromatic heterocycles. The number of aliphatic carboxylic acids is 1. The Kier molecular flexibility index (Phi) is 5.12. The van der Waals surface area contributed by atoms with E-state index >= 15 is 0 Å². The van der Waals surface area contributed by atoms with Gasteiger partial charge in [-0.25, -0.2) is 0 Å². The summed E-state index contributed by atoms with van der Waals surface area (Å²) in [7, 11) is 0. The Morgan fingerprint density at radius 1 is 1.56 bits per heavy atom. The fraction of sp³-hybridized carbons (Fsp3) is 0.750. The summed E-state index contributed by atoms with van der Waals surface area (Å²) in [5.74, 6) is -1.84. The summed E-state index contributed by atoms with van der Waals surface area (Å²) < 4.78 is 0. The van der Waals surface area contributed by atoms with Crippen molar-refractivity contribution in [2.24, 2.45) is 5.92 Å². The molecular formula is C12H20N2O4. The molecule has 0 aliphatic carbocycles. The largest absolute Gasteiger partial charge is 0.481 e. The SMILES string of the molecule is CCC(C)NC(=O)CN1CC(C(=O)O)CCC1=O. The van der Waals surface area contributed by atoms with Gasteiger partial charge >= 0.3 is 5.97 Å². The number of nitrogens with one attached hydrogen (secondary N) is 1. The van der Waals surface area contributed by atoms with Gasteiger partial charge in [0, 0.05) is 19.0 Å². The zero-order chi connectivity index (χ0) is 13.7. The Morgan fingerprint density at radius 3 is 2.78 bits per heavy atom. The number of carboxylic acids is 1. The van der Waals surface area contributed by atoms with Crippen molar-refractivity contribution in [3.63, 3.8) is 0 Å². The minimum absolute atomic E-state index is 0.0487. The minimum atomic E-state index is -0.908. The fourth-order valence-corrected chi connectivity index (χ4v) is 1.87. The summed E-state index contributed by atoms with van der Waals surface area (Å²) in [4.78, 5) is 35.5. The lowest BCUT2D eigenvalue weighted by molar-refractivity contribution is -0.149. The Balaban J connectivity index is 2.51. The molecule has 2 amide bonds. The predicted molar refractivity (Wildman–Crippen MR) is 64.8 cm³/mol. The van der Waals surface area contributed by atoms with Gasteiger partial charge in [0.1, 0.15) is 0 Å². The first-order valence-corrected chi connectivity index (χ1v) is 6.24. The highest BCUT2D eigenvalue weighted by Gasteiger charge is 2.31. The van der Waals surface area contributed by atoms with Gasteiger partial charge in [0.2, 0.25) is 11.8 Å². The molecule has 102 valence electrons. The summed E-state index contributed by atoms with van der Waals surface area (Å²) in [5, 5.41) is 11.7. The van der Waals surface area contributed by atoms with E-state index < -0.39 is 11.9 Å². The van der Waals surface area contributed by atoms with Crippen molar-refractivity contribution in [1.29, 1.82) is 0 Å². The van der Waals surface area contributed by atoms with Crippen molar-refractivity contribution in [2.75, 3.05) is 13.1 Å². The number of amides is 2. The van der Waals surface area contributed by atoms with E-state index in [-0.39, 0.29) is 37.4 Å². The summed E-state index contributed by atoms with van der Waals surface area (Å²) in [6.45, 7) is 3.92. The summed E-state index contributed by atoms with van der Waals surface area (Å²) in [6.07, 6.45) is 1.38. The van der Waals surface area contributed by atoms with Gasteiger partial charge < -0.3 is 15.3 Å². The molecule has 2 unspecified atom stereocenters. The van der Waals surface area contributed by atoms with E-state index in [1.54, 1.807) is 0 Å². The molecule has 1 fully saturated rings. The van der Waals surface area contributed by atoms with E-state index in [4.69, 9.17) is 5.11 Å². The molecule has 0 spiro atoms. The Labute approximate surface area is 106 Å². The maximum absolute atomic E-state index is 11.7. The van der Waals surface area contributed by atoms with Gasteiger partial charge in [0.05, 0.1) is 12.5 Å². The lowest BCUT2D eigenvalue weighted by Gasteiger charge is -2.30. The normalized spacial score (nSPS) is 21.6. The zero-order valence-corrected chi connectivity index (χ0v) is 10.8. The molecule has 1 heterocycles. The average Bonchev–Trinajstić information content (AvgIpc) is 2.31. The van der Waals surface area contributed by atoms with Gasteiger partial charge in [-0.15, -0.1) is 0 Å². The lowest BCUT2D eigenvalue weighted by Crippen LogP contribution is -2.48. The third-order valence-corrected chi connectivity index (χ3v) is 3.20. The minimum Gasteiger partial charge on any atom is -0.481 e. The molecule has 1 saturated heterocycles. The number of likely N-dealkylation sites (tertiary alicyclic amines) is 1. The smallest absolute Gasteiger partial charge is 0.308 e. The molecule has 6 heteroatoms. The number of rotatable bonds is 5. The Bertz CT molecular complexity index is 343. The molecule has 2 atom stereocenters. The maximum atomic E-state index is 11.7. The van der Waals surface area contributed by atoms with Crippen LogP contribution in [0.3, 0.4) is 0 Å². The standard InChI is InChI=1S/C12H20N2O4/c1-3-8(2)13-10(15)7-14-6-9(12(17)18)4-5-11(14)16/h8-9H,3-7H2,1-2H3,(H,13,15)(H,17,18). The first-order valence-electron chi connectivity index (χ1n) is 6.24. The topological polar surface area (TPSA) is 86.7 Å². The van der Waals surface area contributed by atoms with Crippen LogP contribution in [0, 0.1) is 5.92 Å². The third-order valence-electron chi connectivity index (χ3n) is 3.20.